The molecule has 0 aliphatic carbocycles. The zero-order valence-corrected chi connectivity index (χ0v) is 10.4. The van der Waals surface area contributed by atoms with Gasteiger partial charge in [-0.2, -0.15) is 5.48 Å². The molecule has 0 aliphatic rings. The van der Waals surface area contributed by atoms with Crippen molar-refractivity contribution < 1.29 is 4.84 Å². The Bertz CT molecular complexity index is 275. The summed E-state index contributed by atoms with van der Waals surface area (Å²) in [5.74, 6) is 0. The lowest BCUT2D eigenvalue weighted by Crippen LogP contribution is -2.29. The quantitative estimate of drug-likeness (QED) is 0.548. The number of rotatable bonds is 7. The van der Waals surface area contributed by atoms with Crippen molar-refractivity contribution in [2.24, 2.45) is 0 Å². The van der Waals surface area contributed by atoms with E-state index in [1.807, 2.05) is 18.2 Å². The minimum absolute atomic E-state index is 0.222. The Morgan fingerprint density at radius 1 is 1.12 bits per heavy atom. The van der Waals surface area contributed by atoms with Crippen LogP contribution in [0.15, 0.2) is 30.3 Å². The van der Waals surface area contributed by atoms with E-state index in [0.717, 1.165) is 6.54 Å². The summed E-state index contributed by atoms with van der Waals surface area (Å²) in [4.78, 5) is 5.39. The first-order valence-corrected chi connectivity index (χ1v) is 5.86. The Balaban J connectivity index is 2.14. The van der Waals surface area contributed by atoms with Gasteiger partial charge < -0.3 is 5.32 Å². The van der Waals surface area contributed by atoms with Gasteiger partial charge in [0, 0.05) is 12.6 Å². The summed E-state index contributed by atoms with van der Waals surface area (Å²) >= 11 is 0. The Hall–Kier alpha value is -0.900. The second kappa shape index (κ2) is 7.39. The van der Waals surface area contributed by atoms with Crippen molar-refractivity contribution >= 4 is 0 Å². The van der Waals surface area contributed by atoms with Gasteiger partial charge in [-0.05, 0) is 12.5 Å². The first kappa shape index (κ1) is 13.2. The highest BCUT2D eigenvalue weighted by Crippen LogP contribution is 2.10. The van der Waals surface area contributed by atoms with Crippen molar-refractivity contribution in [2.75, 3.05) is 13.2 Å². The maximum Gasteiger partial charge on any atom is 0.0807 e. The average molecular weight is 222 g/mol. The zero-order chi connectivity index (χ0) is 11.8. The summed E-state index contributed by atoms with van der Waals surface area (Å²) in [6.45, 7) is 7.88. The van der Waals surface area contributed by atoms with Gasteiger partial charge in [-0.1, -0.05) is 44.2 Å². The molecule has 1 atom stereocenters. The Kier molecular flexibility index (Phi) is 6.08. The fraction of sp³-hybridized carbons (Fsp3) is 0.538. The van der Waals surface area contributed by atoms with Crippen LogP contribution in [0.4, 0.5) is 0 Å². The van der Waals surface area contributed by atoms with Crippen molar-refractivity contribution in [1.82, 2.24) is 10.8 Å². The van der Waals surface area contributed by atoms with E-state index in [1.165, 1.54) is 5.56 Å². The van der Waals surface area contributed by atoms with Crippen LogP contribution < -0.4 is 10.8 Å². The van der Waals surface area contributed by atoms with Crippen LogP contribution in [-0.4, -0.2) is 19.2 Å². The van der Waals surface area contributed by atoms with E-state index in [2.05, 4.69) is 43.7 Å². The van der Waals surface area contributed by atoms with Gasteiger partial charge in [0.15, 0.2) is 0 Å². The first-order valence-electron chi connectivity index (χ1n) is 5.86. The molecule has 0 spiro atoms. The normalized spacial score (nSPS) is 13.0. The predicted octanol–water partition coefficient (Wildman–Crippen LogP) is 2.27. The summed E-state index contributed by atoms with van der Waals surface area (Å²) in [5, 5.41) is 3.29. The predicted molar refractivity (Wildman–Crippen MR) is 67.1 cm³/mol. The molecule has 0 saturated carbocycles. The third-order valence-electron chi connectivity index (χ3n) is 2.32. The van der Waals surface area contributed by atoms with Crippen LogP contribution in [0.1, 0.15) is 32.4 Å². The van der Waals surface area contributed by atoms with E-state index in [0.29, 0.717) is 12.6 Å². The molecule has 90 valence electrons. The molecule has 1 aromatic carbocycles. The van der Waals surface area contributed by atoms with Crippen LogP contribution in [0.5, 0.6) is 0 Å². The van der Waals surface area contributed by atoms with E-state index in [1.54, 1.807) is 0 Å². The topological polar surface area (TPSA) is 33.3 Å². The van der Waals surface area contributed by atoms with Crippen LogP contribution >= 0.6 is 0 Å². The van der Waals surface area contributed by atoms with Crippen molar-refractivity contribution in [2.45, 2.75) is 32.9 Å². The van der Waals surface area contributed by atoms with Crippen molar-refractivity contribution in [3.8, 4) is 0 Å². The lowest BCUT2D eigenvalue weighted by Gasteiger charge is -2.14. The van der Waals surface area contributed by atoms with Crippen LogP contribution in [0.3, 0.4) is 0 Å². The molecular formula is C13H22N2O. The van der Waals surface area contributed by atoms with E-state index >= 15 is 0 Å². The summed E-state index contributed by atoms with van der Waals surface area (Å²) in [6.07, 6.45) is 0. The van der Waals surface area contributed by atoms with E-state index in [9.17, 15) is 0 Å². The van der Waals surface area contributed by atoms with Crippen LogP contribution in [0.2, 0.25) is 0 Å². The molecule has 0 heterocycles. The van der Waals surface area contributed by atoms with Gasteiger partial charge in [0.2, 0.25) is 0 Å². The van der Waals surface area contributed by atoms with Gasteiger partial charge in [-0.15, -0.1) is 0 Å². The highest BCUT2D eigenvalue weighted by atomic mass is 16.6. The third-order valence-corrected chi connectivity index (χ3v) is 2.32. The number of hydrogen-bond donors (Lipinski definition) is 2. The molecule has 1 aromatic rings. The Morgan fingerprint density at radius 3 is 2.44 bits per heavy atom. The van der Waals surface area contributed by atoms with Crippen molar-refractivity contribution in [3.63, 3.8) is 0 Å². The molecule has 1 rings (SSSR count). The molecule has 0 bridgehead atoms. The standard InChI is InChI=1S/C13H22N2O/c1-11(2)14-9-10-16-15-12(3)13-7-5-4-6-8-13/h4-8,11-12,14-15H,9-10H2,1-3H3. The molecule has 0 radical (unpaired) electrons. The lowest BCUT2D eigenvalue weighted by atomic mass is 10.1. The maximum absolute atomic E-state index is 5.39. The molecule has 16 heavy (non-hydrogen) atoms. The zero-order valence-electron chi connectivity index (χ0n) is 10.4. The third kappa shape index (κ3) is 5.26. The summed E-state index contributed by atoms with van der Waals surface area (Å²) in [7, 11) is 0. The molecular weight excluding hydrogens is 200 g/mol. The van der Waals surface area contributed by atoms with Crippen LogP contribution in [0, 0.1) is 0 Å². The smallest absolute Gasteiger partial charge is 0.0807 e. The number of hydroxylamine groups is 1. The first-order chi connectivity index (χ1) is 7.70. The van der Waals surface area contributed by atoms with Gasteiger partial charge >= 0.3 is 0 Å². The van der Waals surface area contributed by atoms with Gasteiger partial charge in [0.1, 0.15) is 0 Å². The highest BCUT2D eigenvalue weighted by molar-refractivity contribution is 5.17. The fourth-order valence-corrected chi connectivity index (χ4v) is 1.39. The summed E-state index contributed by atoms with van der Waals surface area (Å²) in [6, 6.07) is 11.0. The van der Waals surface area contributed by atoms with E-state index in [4.69, 9.17) is 4.84 Å². The van der Waals surface area contributed by atoms with Gasteiger partial charge in [0.05, 0.1) is 12.6 Å². The maximum atomic E-state index is 5.39. The van der Waals surface area contributed by atoms with Crippen LogP contribution in [0.25, 0.3) is 0 Å². The number of hydrogen-bond acceptors (Lipinski definition) is 3. The lowest BCUT2D eigenvalue weighted by molar-refractivity contribution is 0.0210. The molecule has 0 saturated heterocycles. The van der Waals surface area contributed by atoms with Gasteiger partial charge in [-0.25, -0.2) is 0 Å². The Labute approximate surface area is 98.2 Å². The van der Waals surface area contributed by atoms with E-state index < -0.39 is 0 Å². The molecule has 0 amide bonds. The second-order valence-electron chi connectivity index (χ2n) is 4.21. The molecule has 3 heteroatoms. The summed E-state index contributed by atoms with van der Waals surface area (Å²) in [5.41, 5.74) is 4.27. The molecule has 0 aromatic heterocycles. The molecule has 3 nitrogen and oxygen atoms in total. The van der Waals surface area contributed by atoms with Gasteiger partial charge in [-0.3, -0.25) is 4.84 Å². The average Bonchev–Trinajstić information content (AvgIpc) is 2.29. The van der Waals surface area contributed by atoms with Crippen molar-refractivity contribution in [3.05, 3.63) is 35.9 Å². The summed E-state index contributed by atoms with van der Waals surface area (Å²) < 4.78 is 0. The van der Waals surface area contributed by atoms with Crippen LogP contribution in [-0.2, 0) is 4.84 Å². The van der Waals surface area contributed by atoms with Crippen molar-refractivity contribution in [1.29, 1.82) is 0 Å². The number of benzene rings is 1. The SMILES string of the molecule is CC(C)NCCONC(C)c1ccccc1. The highest BCUT2D eigenvalue weighted by Gasteiger charge is 2.03. The number of nitrogens with one attached hydrogen (secondary N) is 2. The monoisotopic (exact) mass is 222 g/mol. The Morgan fingerprint density at radius 2 is 1.81 bits per heavy atom. The molecule has 0 aliphatic heterocycles. The minimum atomic E-state index is 0.222. The molecule has 0 fully saturated rings. The molecule has 2 N–H and O–H groups in total. The largest absolute Gasteiger partial charge is 0.312 e. The molecule has 1 unspecified atom stereocenters. The van der Waals surface area contributed by atoms with Gasteiger partial charge in [0.25, 0.3) is 0 Å². The van der Waals surface area contributed by atoms with E-state index in [-0.39, 0.29) is 6.04 Å². The fourth-order valence-electron chi connectivity index (χ4n) is 1.39. The minimum Gasteiger partial charge on any atom is -0.312 e. The second-order valence-corrected chi connectivity index (χ2v) is 4.21.